The van der Waals surface area contributed by atoms with E-state index >= 15 is 0 Å². The normalized spacial score (nSPS) is 29.2. The maximum atomic E-state index is 12.7. The fourth-order valence-electron chi connectivity index (χ4n) is 3.89. The molecule has 3 aliphatic rings. The third-order valence-electron chi connectivity index (χ3n) is 5.30. The third kappa shape index (κ3) is 3.66. The lowest BCUT2D eigenvalue weighted by Crippen LogP contribution is -2.63. The first-order valence-electron chi connectivity index (χ1n) is 9.57. The molecule has 144 valence electrons. The van der Waals surface area contributed by atoms with Gasteiger partial charge in [0.1, 0.15) is 0 Å². The monoisotopic (exact) mass is 364 g/mol. The maximum Gasteiger partial charge on any atom is 0.333 e. The van der Waals surface area contributed by atoms with Crippen molar-refractivity contribution in [2.75, 3.05) is 26.7 Å². The van der Waals surface area contributed by atoms with Gasteiger partial charge in [0, 0.05) is 19.6 Å². The summed E-state index contributed by atoms with van der Waals surface area (Å²) in [6, 6.07) is -0.695. The number of fused-ring (bicyclic) bond motifs is 1. The summed E-state index contributed by atoms with van der Waals surface area (Å²) < 4.78 is 1.92. The molecule has 0 saturated carbocycles. The van der Waals surface area contributed by atoms with Gasteiger partial charge in [0.25, 0.3) is 24.1 Å². The van der Waals surface area contributed by atoms with Crippen molar-refractivity contribution >= 4 is 24.1 Å². The van der Waals surface area contributed by atoms with Crippen LogP contribution in [0.4, 0.5) is 4.79 Å². The van der Waals surface area contributed by atoms with Crippen molar-refractivity contribution < 1.29 is 19.3 Å². The molecule has 2 saturated heterocycles. The summed E-state index contributed by atoms with van der Waals surface area (Å²) in [5, 5.41) is 13.4. The number of piperidine rings is 1. The smallest absolute Gasteiger partial charge is 0.333 e. The van der Waals surface area contributed by atoms with Gasteiger partial charge in [-0.25, -0.2) is 9.37 Å². The van der Waals surface area contributed by atoms with E-state index in [9.17, 15) is 14.7 Å². The Morgan fingerprint density at radius 3 is 2.88 bits per heavy atom. The number of urea groups is 1. The molecule has 2 N–H and O–H groups in total. The lowest BCUT2D eigenvalue weighted by atomic mass is 9.97. The number of aliphatic hydroxyl groups is 1. The Labute approximate surface area is 154 Å². The van der Waals surface area contributed by atoms with Crippen LogP contribution in [0.2, 0.25) is 0 Å². The number of carbonyl (C=O) groups is 2. The first kappa shape index (κ1) is 19.0. The number of nitrogens with one attached hydrogen (secondary N) is 1. The van der Waals surface area contributed by atoms with Gasteiger partial charge in [-0.3, -0.25) is 14.6 Å². The zero-order valence-electron chi connectivity index (χ0n) is 15.9. The third-order valence-corrected chi connectivity index (χ3v) is 5.30. The lowest BCUT2D eigenvalue weighted by Gasteiger charge is -2.34. The molecule has 26 heavy (non-hydrogen) atoms. The number of nitrogens with zero attached hydrogens (tertiary/aromatic N) is 4. The number of amides is 3. The van der Waals surface area contributed by atoms with Crippen LogP contribution < -0.4 is 5.32 Å². The minimum atomic E-state index is -0.513. The molecule has 8 heteroatoms. The molecule has 3 amide bonds. The van der Waals surface area contributed by atoms with E-state index < -0.39 is 6.04 Å². The van der Waals surface area contributed by atoms with Crippen molar-refractivity contribution in [2.45, 2.75) is 57.7 Å². The highest BCUT2D eigenvalue weighted by molar-refractivity contribution is 6.21. The zero-order valence-corrected chi connectivity index (χ0v) is 15.9. The number of likely N-dealkylation sites (N-methyl/N-ethyl adjacent to an activating group) is 1. The minimum absolute atomic E-state index is 0.121. The largest absolute Gasteiger partial charge is 0.392 e. The number of rotatable bonds is 6. The summed E-state index contributed by atoms with van der Waals surface area (Å²) in [6.45, 7) is 6.25. The quantitative estimate of drug-likeness (QED) is 0.662. The van der Waals surface area contributed by atoms with Gasteiger partial charge < -0.3 is 10.4 Å². The summed E-state index contributed by atoms with van der Waals surface area (Å²) in [4.78, 5) is 32.3. The molecule has 0 aromatic rings. The van der Waals surface area contributed by atoms with Crippen LogP contribution in [0.5, 0.6) is 0 Å². The first-order valence-corrected chi connectivity index (χ1v) is 9.57. The van der Waals surface area contributed by atoms with Crippen LogP contribution in [0.1, 0.15) is 39.5 Å². The second-order valence-electron chi connectivity index (χ2n) is 7.84. The number of aliphatic imine (C=N–C) groups is 1. The number of imide groups is 1. The van der Waals surface area contributed by atoms with Crippen LogP contribution in [0.25, 0.3) is 0 Å². The first-order chi connectivity index (χ1) is 12.4. The predicted octanol–water partition coefficient (Wildman–Crippen LogP) is 0.251. The van der Waals surface area contributed by atoms with E-state index in [-0.39, 0.29) is 30.0 Å². The fourth-order valence-corrected chi connectivity index (χ4v) is 3.89. The molecule has 0 aromatic heterocycles. The number of aliphatic hydroxyl groups excluding tert-OH is 1. The molecular formula is C18H30N5O3+. The van der Waals surface area contributed by atoms with Crippen molar-refractivity contribution in [1.29, 1.82) is 0 Å². The summed E-state index contributed by atoms with van der Waals surface area (Å²) in [7, 11) is 1.54. The topological polar surface area (TPSA) is 88.2 Å². The molecule has 0 radical (unpaired) electrons. The zero-order chi connectivity index (χ0) is 18.8. The summed E-state index contributed by atoms with van der Waals surface area (Å²) in [5.74, 6) is 0.609. The molecule has 0 spiro atoms. The lowest BCUT2D eigenvalue weighted by molar-refractivity contribution is -0.531. The maximum absolute atomic E-state index is 12.7. The van der Waals surface area contributed by atoms with Gasteiger partial charge in [0.05, 0.1) is 12.6 Å². The Morgan fingerprint density at radius 1 is 1.42 bits per heavy atom. The summed E-state index contributed by atoms with van der Waals surface area (Å²) >= 11 is 0. The highest BCUT2D eigenvalue weighted by Gasteiger charge is 2.51. The van der Waals surface area contributed by atoms with Crippen LogP contribution in [0.3, 0.4) is 0 Å². The molecular weight excluding hydrogens is 334 g/mol. The van der Waals surface area contributed by atoms with Gasteiger partial charge in [-0.1, -0.05) is 13.8 Å². The number of hydrogen-bond acceptors (Lipinski definition) is 5. The van der Waals surface area contributed by atoms with Crippen molar-refractivity contribution in [3.8, 4) is 0 Å². The van der Waals surface area contributed by atoms with Gasteiger partial charge in [-0.05, 0) is 43.1 Å². The fraction of sp³-hybridized carbons (Fsp3) is 0.778. The van der Waals surface area contributed by atoms with E-state index in [2.05, 4.69) is 10.3 Å². The molecule has 0 aliphatic carbocycles. The van der Waals surface area contributed by atoms with Crippen molar-refractivity contribution in [1.82, 2.24) is 15.1 Å². The summed E-state index contributed by atoms with van der Waals surface area (Å²) in [6.07, 6.45) is 4.95. The SMILES string of the molecule is CC(C)CN1C(=O)N(C)C(=O)C2C1=NC=[N+]2CCC[C@H]1NCCC[C@@H]1O. The molecule has 0 aromatic carbocycles. The minimum Gasteiger partial charge on any atom is -0.392 e. The molecule has 2 fully saturated rings. The van der Waals surface area contributed by atoms with Crippen molar-refractivity contribution in [3.63, 3.8) is 0 Å². The Hall–Kier alpha value is -1.80. The molecule has 3 heterocycles. The average molecular weight is 364 g/mol. The van der Waals surface area contributed by atoms with E-state index in [1.807, 2.05) is 18.4 Å². The molecule has 0 bridgehead atoms. The summed E-state index contributed by atoms with van der Waals surface area (Å²) in [5.41, 5.74) is 0. The molecule has 3 aliphatic heterocycles. The number of amidine groups is 1. The van der Waals surface area contributed by atoms with Crippen molar-refractivity contribution in [3.05, 3.63) is 0 Å². The van der Waals surface area contributed by atoms with Gasteiger partial charge in [0.15, 0.2) is 0 Å². The van der Waals surface area contributed by atoms with E-state index in [4.69, 9.17) is 0 Å². The highest BCUT2D eigenvalue weighted by Crippen LogP contribution is 2.20. The van der Waals surface area contributed by atoms with Gasteiger partial charge in [-0.15, -0.1) is 0 Å². The van der Waals surface area contributed by atoms with Crippen molar-refractivity contribution in [2.24, 2.45) is 10.9 Å². The average Bonchev–Trinajstić information content (AvgIpc) is 3.02. The molecule has 3 rings (SSSR count). The van der Waals surface area contributed by atoms with Crippen LogP contribution >= 0.6 is 0 Å². The van der Waals surface area contributed by atoms with Crippen LogP contribution in [-0.4, -0.2) is 88.5 Å². The van der Waals surface area contributed by atoms with E-state index in [0.29, 0.717) is 18.9 Å². The van der Waals surface area contributed by atoms with Crippen LogP contribution in [0, 0.1) is 5.92 Å². The number of hydrogen-bond donors (Lipinski definition) is 2. The standard InChI is InChI=1S/C18H30N5O3/c1-12(2)10-23-16-15(17(25)21(3)18(23)26)22(11-20-16)9-5-6-13-14(24)7-4-8-19-13/h11-15,19,24H,4-10H2,1-3H3/q+1/t13-,14+,15?/m1/s1. The van der Waals surface area contributed by atoms with E-state index in [0.717, 1.165) is 32.2 Å². The van der Waals surface area contributed by atoms with Gasteiger partial charge in [-0.2, -0.15) is 0 Å². The van der Waals surface area contributed by atoms with Gasteiger partial charge >= 0.3 is 6.03 Å². The highest BCUT2D eigenvalue weighted by atomic mass is 16.3. The second kappa shape index (κ2) is 7.84. The van der Waals surface area contributed by atoms with Gasteiger partial charge in [0.2, 0.25) is 0 Å². The van der Waals surface area contributed by atoms with Crippen LogP contribution in [-0.2, 0) is 4.79 Å². The van der Waals surface area contributed by atoms with Crippen LogP contribution in [0.15, 0.2) is 4.99 Å². The molecule has 8 nitrogen and oxygen atoms in total. The second-order valence-corrected chi connectivity index (χ2v) is 7.84. The molecule has 1 unspecified atom stereocenters. The Balaban J connectivity index is 1.62. The van der Waals surface area contributed by atoms with E-state index in [1.54, 1.807) is 11.2 Å². The Bertz CT molecular complexity index is 630. The predicted molar refractivity (Wildman–Crippen MR) is 98.4 cm³/mol. The Kier molecular flexibility index (Phi) is 5.72. The number of carbonyl (C=O) groups excluding carboxylic acids is 2. The van der Waals surface area contributed by atoms with E-state index in [1.165, 1.54) is 11.9 Å². The Morgan fingerprint density at radius 2 is 2.19 bits per heavy atom. The molecule has 3 atom stereocenters.